The first kappa shape index (κ1) is 14.1. The second-order valence-corrected chi connectivity index (χ2v) is 5.89. The molecule has 0 spiro atoms. The second kappa shape index (κ2) is 6.19. The van der Waals surface area contributed by atoms with E-state index in [0.717, 1.165) is 19.3 Å². The van der Waals surface area contributed by atoms with E-state index in [-0.39, 0.29) is 17.9 Å². The minimum atomic E-state index is -0.245. The maximum atomic E-state index is 12.2. The minimum Gasteiger partial charge on any atom is -0.347 e. The fourth-order valence-electron chi connectivity index (χ4n) is 2.45. The Balaban J connectivity index is 1.92. The van der Waals surface area contributed by atoms with Gasteiger partial charge in [-0.05, 0) is 41.7 Å². The molecule has 1 aromatic heterocycles. The number of likely N-dealkylation sites (tertiary alicyclic amines) is 1. The zero-order chi connectivity index (χ0) is 13.8. The summed E-state index contributed by atoms with van der Waals surface area (Å²) in [6.07, 6.45) is 2.98. The molecule has 0 radical (unpaired) electrons. The van der Waals surface area contributed by atoms with Crippen LogP contribution in [0.25, 0.3) is 0 Å². The summed E-state index contributed by atoms with van der Waals surface area (Å²) >= 11 is 1.65. The highest BCUT2D eigenvalue weighted by Crippen LogP contribution is 2.20. The summed E-state index contributed by atoms with van der Waals surface area (Å²) < 4.78 is 0. The summed E-state index contributed by atoms with van der Waals surface area (Å²) in [4.78, 5) is 27.6. The SMILES string of the molecule is CN(C)C(=O)C1CCCN1C(=O)CCc1ccsc1. The van der Waals surface area contributed by atoms with Crippen molar-refractivity contribution in [3.8, 4) is 0 Å². The van der Waals surface area contributed by atoms with Crippen molar-refractivity contribution in [3.05, 3.63) is 22.4 Å². The molecule has 0 bridgehead atoms. The number of likely N-dealkylation sites (N-methyl/N-ethyl adjacent to an activating group) is 1. The normalized spacial score (nSPS) is 18.6. The van der Waals surface area contributed by atoms with Gasteiger partial charge in [-0.3, -0.25) is 9.59 Å². The number of hydrogen-bond donors (Lipinski definition) is 0. The molecular formula is C14H20N2O2S. The highest BCUT2D eigenvalue weighted by molar-refractivity contribution is 7.07. The van der Waals surface area contributed by atoms with Gasteiger partial charge in [-0.1, -0.05) is 0 Å². The Hall–Kier alpha value is -1.36. The third kappa shape index (κ3) is 3.35. The molecule has 1 aliphatic heterocycles. The van der Waals surface area contributed by atoms with Gasteiger partial charge in [0.25, 0.3) is 0 Å². The third-order valence-electron chi connectivity index (χ3n) is 3.51. The number of carbonyl (C=O) groups excluding carboxylic acids is 2. The lowest BCUT2D eigenvalue weighted by atomic mass is 10.1. The van der Waals surface area contributed by atoms with Gasteiger partial charge in [-0.25, -0.2) is 0 Å². The van der Waals surface area contributed by atoms with Crippen LogP contribution >= 0.6 is 11.3 Å². The first-order chi connectivity index (χ1) is 9.09. The third-order valence-corrected chi connectivity index (χ3v) is 4.24. The topological polar surface area (TPSA) is 40.6 Å². The van der Waals surface area contributed by atoms with Gasteiger partial charge in [-0.15, -0.1) is 0 Å². The van der Waals surface area contributed by atoms with Gasteiger partial charge in [-0.2, -0.15) is 11.3 Å². The van der Waals surface area contributed by atoms with Crippen molar-refractivity contribution in [2.75, 3.05) is 20.6 Å². The lowest BCUT2D eigenvalue weighted by molar-refractivity contribution is -0.142. The van der Waals surface area contributed by atoms with E-state index < -0.39 is 0 Å². The van der Waals surface area contributed by atoms with Crippen molar-refractivity contribution in [1.82, 2.24) is 9.80 Å². The van der Waals surface area contributed by atoms with E-state index in [1.165, 1.54) is 5.56 Å². The monoisotopic (exact) mass is 280 g/mol. The highest BCUT2D eigenvalue weighted by Gasteiger charge is 2.34. The van der Waals surface area contributed by atoms with Crippen LogP contribution in [0.1, 0.15) is 24.8 Å². The molecule has 1 fully saturated rings. The number of carbonyl (C=O) groups is 2. The van der Waals surface area contributed by atoms with Crippen LogP contribution in [0.2, 0.25) is 0 Å². The molecule has 1 aliphatic rings. The van der Waals surface area contributed by atoms with Crippen molar-refractivity contribution in [2.45, 2.75) is 31.7 Å². The summed E-state index contributed by atoms with van der Waals surface area (Å²) in [5.74, 6) is 0.144. The van der Waals surface area contributed by atoms with Crippen molar-refractivity contribution in [3.63, 3.8) is 0 Å². The van der Waals surface area contributed by atoms with Gasteiger partial charge in [0.1, 0.15) is 6.04 Å². The summed E-state index contributed by atoms with van der Waals surface area (Å²) in [7, 11) is 3.49. The Kier molecular flexibility index (Phi) is 4.58. The summed E-state index contributed by atoms with van der Waals surface area (Å²) in [5.41, 5.74) is 1.20. The van der Waals surface area contributed by atoms with Gasteiger partial charge < -0.3 is 9.80 Å². The van der Waals surface area contributed by atoms with Crippen molar-refractivity contribution < 1.29 is 9.59 Å². The highest BCUT2D eigenvalue weighted by atomic mass is 32.1. The smallest absolute Gasteiger partial charge is 0.244 e. The fraction of sp³-hybridized carbons (Fsp3) is 0.571. The number of rotatable bonds is 4. The number of amides is 2. The maximum Gasteiger partial charge on any atom is 0.244 e. The van der Waals surface area contributed by atoms with Crippen LogP contribution in [0.5, 0.6) is 0 Å². The standard InChI is InChI=1S/C14H20N2O2S/c1-15(2)14(18)12-4-3-8-16(12)13(17)6-5-11-7-9-19-10-11/h7,9-10,12H,3-6,8H2,1-2H3. The Bertz CT molecular complexity index is 442. The van der Waals surface area contributed by atoms with Gasteiger partial charge in [0.05, 0.1) is 0 Å². The molecule has 0 saturated carbocycles. The van der Waals surface area contributed by atoms with E-state index >= 15 is 0 Å². The first-order valence-electron chi connectivity index (χ1n) is 6.61. The van der Waals surface area contributed by atoms with Gasteiger partial charge in [0, 0.05) is 27.1 Å². The molecule has 19 heavy (non-hydrogen) atoms. The average Bonchev–Trinajstić information content (AvgIpc) is 3.05. The van der Waals surface area contributed by atoms with E-state index in [0.29, 0.717) is 13.0 Å². The predicted molar refractivity (Wildman–Crippen MR) is 76.1 cm³/mol. The molecule has 5 heteroatoms. The van der Waals surface area contributed by atoms with Crippen LogP contribution in [0.4, 0.5) is 0 Å². The van der Waals surface area contributed by atoms with Crippen LogP contribution in [0.3, 0.4) is 0 Å². The molecule has 0 N–H and O–H groups in total. The zero-order valence-electron chi connectivity index (χ0n) is 11.5. The molecule has 2 amide bonds. The van der Waals surface area contributed by atoms with Gasteiger partial charge >= 0.3 is 0 Å². The van der Waals surface area contributed by atoms with Gasteiger partial charge in [0.2, 0.25) is 11.8 Å². The fourth-order valence-corrected chi connectivity index (χ4v) is 3.15. The molecule has 1 saturated heterocycles. The second-order valence-electron chi connectivity index (χ2n) is 5.11. The lowest BCUT2D eigenvalue weighted by Crippen LogP contribution is -2.45. The Morgan fingerprint density at radius 2 is 2.26 bits per heavy atom. The van der Waals surface area contributed by atoms with E-state index in [1.54, 1.807) is 35.2 Å². The Labute approximate surface area is 118 Å². The molecule has 2 heterocycles. The van der Waals surface area contributed by atoms with E-state index in [2.05, 4.69) is 5.38 Å². The molecule has 2 rings (SSSR count). The quantitative estimate of drug-likeness (QED) is 0.843. The molecule has 1 aromatic rings. The van der Waals surface area contributed by atoms with Crippen molar-refractivity contribution >= 4 is 23.2 Å². The number of nitrogens with zero attached hydrogens (tertiary/aromatic N) is 2. The predicted octanol–water partition coefficient (Wildman–Crippen LogP) is 1.76. The van der Waals surface area contributed by atoms with Crippen molar-refractivity contribution in [1.29, 1.82) is 0 Å². The summed E-state index contributed by atoms with van der Waals surface area (Å²) in [6.45, 7) is 0.715. The molecule has 104 valence electrons. The lowest BCUT2D eigenvalue weighted by Gasteiger charge is -2.26. The first-order valence-corrected chi connectivity index (χ1v) is 7.55. The number of hydrogen-bond acceptors (Lipinski definition) is 3. The summed E-state index contributed by atoms with van der Waals surface area (Å²) in [5, 5.41) is 4.09. The van der Waals surface area contributed by atoms with Crippen LogP contribution in [0.15, 0.2) is 16.8 Å². The van der Waals surface area contributed by atoms with Crippen LogP contribution in [0, 0.1) is 0 Å². The summed E-state index contributed by atoms with van der Waals surface area (Å²) in [6, 6.07) is 1.80. The van der Waals surface area contributed by atoms with Crippen LogP contribution in [-0.2, 0) is 16.0 Å². The molecule has 1 atom stereocenters. The number of thiophene rings is 1. The molecule has 4 nitrogen and oxygen atoms in total. The van der Waals surface area contributed by atoms with Crippen molar-refractivity contribution in [2.24, 2.45) is 0 Å². The number of aryl methyl sites for hydroxylation is 1. The van der Waals surface area contributed by atoms with Gasteiger partial charge in [0.15, 0.2) is 0 Å². The molecule has 0 aromatic carbocycles. The zero-order valence-corrected chi connectivity index (χ0v) is 12.3. The van der Waals surface area contributed by atoms with E-state index in [1.807, 2.05) is 11.4 Å². The molecular weight excluding hydrogens is 260 g/mol. The Morgan fingerprint density at radius 3 is 2.89 bits per heavy atom. The molecule has 0 aliphatic carbocycles. The van der Waals surface area contributed by atoms with Crippen LogP contribution < -0.4 is 0 Å². The van der Waals surface area contributed by atoms with Crippen LogP contribution in [-0.4, -0.2) is 48.3 Å². The van der Waals surface area contributed by atoms with E-state index in [4.69, 9.17) is 0 Å². The molecule has 1 unspecified atom stereocenters. The minimum absolute atomic E-state index is 0.0429. The maximum absolute atomic E-state index is 12.2. The average molecular weight is 280 g/mol. The van der Waals surface area contributed by atoms with E-state index in [9.17, 15) is 9.59 Å². The largest absolute Gasteiger partial charge is 0.347 e. The Morgan fingerprint density at radius 1 is 1.47 bits per heavy atom.